The first-order chi connectivity index (χ1) is 9.70. The lowest BCUT2D eigenvalue weighted by molar-refractivity contribution is 0.203. The van der Waals surface area contributed by atoms with Crippen LogP contribution in [0.15, 0.2) is 54.6 Å². The van der Waals surface area contributed by atoms with E-state index < -0.39 is 0 Å². The predicted molar refractivity (Wildman–Crippen MR) is 82.0 cm³/mol. The Kier molecular flexibility index (Phi) is 4.92. The molecule has 2 heteroatoms. The standard InChI is InChI=1S/C18H20N2/c1-15(2)20(13-16-8-4-3-5-9-16)14-18-11-7-6-10-17(18)12-19/h3-11,15H,13-14H2,1-2H3. The maximum absolute atomic E-state index is 9.19. The summed E-state index contributed by atoms with van der Waals surface area (Å²) in [5.74, 6) is 0. The van der Waals surface area contributed by atoms with Crippen LogP contribution in [0.1, 0.15) is 30.5 Å². The van der Waals surface area contributed by atoms with Gasteiger partial charge in [0.25, 0.3) is 0 Å². The van der Waals surface area contributed by atoms with E-state index in [1.165, 1.54) is 5.56 Å². The SMILES string of the molecule is CC(C)N(Cc1ccccc1)Cc1ccccc1C#N. The van der Waals surface area contributed by atoms with Crippen molar-refractivity contribution in [2.24, 2.45) is 0 Å². The number of rotatable bonds is 5. The van der Waals surface area contributed by atoms with Crippen molar-refractivity contribution in [2.45, 2.75) is 33.0 Å². The average Bonchev–Trinajstić information content (AvgIpc) is 2.48. The lowest BCUT2D eigenvalue weighted by Gasteiger charge is -2.27. The summed E-state index contributed by atoms with van der Waals surface area (Å²) >= 11 is 0. The molecule has 0 saturated heterocycles. The molecule has 0 unspecified atom stereocenters. The van der Waals surface area contributed by atoms with Crippen molar-refractivity contribution in [1.29, 1.82) is 5.26 Å². The molecule has 102 valence electrons. The van der Waals surface area contributed by atoms with Crippen LogP contribution in [0.5, 0.6) is 0 Å². The number of benzene rings is 2. The van der Waals surface area contributed by atoms with Gasteiger partial charge >= 0.3 is 0 Å². The van der Waals surface area contributed by atoms with Crippen LogP contribution >= 0.6 is 0 Å². The van der Waals surface area contributed by atoms with Gasteiger partial charge in [-0.05, 0) is 31.0 Å². The van der Waals surface area contributed by atoms with E-state index in [-0.39, 0.29) is 0 Å². The van der Waals surface area contributed by atoms with Crippen LogP contribution in [0.25, 0.3) is 0 Å². The summed E-state index contributed by atoms with van der Waals surface area (Å²) < 4.78 is 0. The molecule has 0 atom stereocenters. The smallest absolute Gasteiger partial charge is 0.0995 e. The summed E-state index contributed by atoms with van der Waals surface area (Å²) in [6.45, 7) is 6.09. The van der Waals surface area contributed by atoms with Gasteiger partial charge in [-0.2, -0.15) is 5.26 Å². The molecule has 2 aromatic rings. The molecule has 0 saturated carbocycles. The zero-order valence-corrected chi connectivity index (χ0v) is 12.1. The van der Waals surface area contributed by atoms with E-state index >= 15 is 0 Å². The second-order valence-corrected chi connectivity index (χ2v) is 5.25. The van der Waals surface area contributed by atoms with Crippen molar-refractivity contribution >= 4 is 0 Å². The van der Waals surface area contributed by atoms with Crippen molar-refractivity contribution in [3.63, 3.8) is 0 Å². The molecule has 2 rings (SSSR count). The Morgan fingerprint density at radius 1 is 0.950 bits per heavy atom. The van der Waals surface area contributed by atoms with Crippen molar-refractivity contribution in [2.75, 3.05) is 0 Å². The van der Waals surface area contributed by atoms with Crippen LogP contribution in [0.3, 0.4) is 0 Å². The fraction of sp³-hybridized carbons (Fsp3) is 0.278. The first-order valence-electron chi connectivity index (χ1n) is 6.96. The minimum atomic E-state index is 0.432. The van der Waals surface area contributed by atoms with Gasteiger partial charge in [-0.15, -0.1) is 0 Å². The van der Waals surface area contributed by atoms with E-state index in [1.54, 1.807) is 0 Å². The molecule has 0 heterocycles. The number of hydrogen-bond acceptors (Lipinski definition) is 2. The number of nitrogens with zero attached hydrogens (tertiary/aromatic N) is 2. The summed E-state index contributed by atoms with van der Waals surface area (Å²) in [5, 5.41) is 9.19. The first kappa shape index (κ1) is 14.3. The zero-order chi connectivity index (χ0) is 14.4. The van der Waals surface area contributed by atoms with E-state index in [1.807, 2.05) is 30.3 Å². The number of hydrogen-bond donors (Lipinski definition) is 0. The lowest BCUT2D eigenvalue weighted by Crippen LogP contribution is -2.30. The minimum Gasteiger partial charge on any atom is -0.292 e. The molecule has 2 nitrogen and oxygen atoms in total. The molecule has 0 aliphatic heterocycles. The van der Waals surface area contributed by atoms with Gasteiger partial charge in [0.2, 0.25) is 0 Å². The second-order valence-electron chi connectivity index (χ2n) is 5.25. The molecule has 2 aromatic carbocycles. The van der Waals surface area contributed by atoms with Gasteiger partial charge in [-0.25, -0.2) is 0 Å². The molecule has 0 spiro atoms. The summed E-state index contributed by atoms with van der Waals surface area (Å²) in [6, 6.07) is 21.0. The molecule has 20 heavy (non-hydrogen) atoms. The average molecular weight is 264 g/mol. The number of nitriles is 1. The molecular weight excluding hydrogens is 244 g/mol. The Morgan fingerprint density at radius 3 is 2.25 bits per heavy atom. The zero-order valence-electron chi connectivity index (χ0n) is 12.1. The van der Waals surface area contributed by atoms with Crippen LogP contribution in [-0.4, -0.2) is 10.9 Å². The normalized spacial score (nSPS) is 10.8. The minimum absolute atomic E-state index is 0.432. The quantitative estimate of drug-likeness (QED) is 0.817. The van der Waals surface area contributed by atoms with E-state index in [2.05, 4.69) is 49.1 Å². The van der Waals surface area contributed by atoms with Crippen LogP contribution < -0.4 is 0 Å². The molecule has 0 N–H and O–H groups in total. The Labute approximate surface area is 121 Å². The monoisotopic (exact) mass is 264 g/mol. The molecule has 0 fully saturated rings. The topological polar surface area (TPSA) is 27.0 Å². The highest BCUT2D eigenvalue weighted by Gasteiger charge is 2.12. The van der Waals surface area contributed by atoms with Crippen LogP contribution in [-0.2, 0) is 13.1 Å². The van der Waals surface area contributed by atoms with Crippen LogP contribution in [0.2, 0.25) is 0 Å². The van der Waals surface area contributed by atoms with E-state index in [0.29, 0.717) is 6.04 Å². The lowest BCUT2D eigenvalue weighted by atomic mass is 10.1. The van der Waals surface area contributed by atoms with Crippen molar-refractivity contribution in [3.8, 4) is 6.07 Å². The van der Waals surface area contributed by atoms with Gasteiger partial charge in [0.1, 0.15) is 0 Å². The Bertz CT molecular complexity index is 582. The highest BCUT2D eigenvalue weighted by molar-refractivity contribution is 5.37. The highest BCUT2D eigenvalue weighted by atomic mass is 15.1. The van der Waals surface area contributed by atoms with Crippen LogP contribution in [0.4, 0.5) is 0 Å². The Hall–Kier alpha value is -2.11. The van der Waals surface area contributed by atoms with Crippen LogP contribution in [0, 0.1) is 11.3 Å². The third-order valence-corrected chi connectivity index (χ3v) is 3.47. The van der Waals surface area contributed by atoms with Gasteiger partial charge < -0.3 is 0 Å². The highest BCUT2D eigenvalue weighted by Crippen LogP contribution is 2.15. The Balaban J connectivity index is 2.16. The van der Waals surface area contributed by atoms with E-state index in [9.17, 15) is 5.26 Å². The summed E-state index contributed by atoms with van der Waals surface area (Å²) in [7, 11) is 0. The van der Waals surface area contributed by atoms with Crippen molar-refractivity contribution in [1.82, 2.24) is 4.90 Å². The van der Waals surface area contributed by atoms with Crippen molar-refractivity contribution < 1.29 is 0 Å². The molecule has 0 aliphatic carbocycles. The third kappa shape index (κ3) is 3.69. The largest absolute Gasteiger partial charge is 0.292 e. The molecule has 0 bridgehead atoms. The predicted octanol–water partition coefficient (Wildman–Crippen LogP) is 3.97. The van der Waals surface area contributed by atoms with E-state index in [0.717, 1.165) is 24.2 Å². The van der Waals surface area contributed by atoms with Gasteiger partial charge in [0.15, 0.2) is 0 Å². The van der Waals surface area contributed by atoms with Gasteiger partial charge in [-0.3, -0.25) is 4.90 Å². The fourth-order valence-electron chi connectivity index (χ4n) is 2.23. The molecular formula is C18H20N2. The third-order valence-electron chi connectivity index (χ3n) is 3.47. The van der Waals surface area contributed by atoms with E-state index in [4.69, 9.17) is 0 Å². The van der Waals surface area contributed by atoms with Gasteiger partial charge in [0, 0.05) is 19.1 Å². The van der Waals surface area contributed by atoms with Crippen molar-refractivity contribution in [3.05, 3.63) is 71.3 Å². The summed E-state index contributed by atoms with van der Waals surface area (Å²) in [5.41, 5.74) is 3.17. The molecule has 0 aromatic heterocycles. The second kappa shape index (κ2) is 6.88. The first-order valence-corrected chi connectivity index (χ1v) is 6.96. The fourth-order valence-corrected chi connectivity index (χ4v) is 2.23. The summed E-state index contributed by atoms with van der Waals surface area (Å²) in [6.07, 6.45) is 0. The maximum atomic E-state index is 9.19. The Morgan fingerprint density at radius 2 is 1.60 bits per heavy atom. The van der Waals surface area contributed by atoms with Gasteiger partial charge in [-0.1, -0.05) is 48.5 Å². The molecule has 0 radical (unpaired) electrons. The van der Waals surface area contributed by atoms with Gasteiger partial charge in [0.05, 0.1) is 11.6 Å². The summed E-state index contributed by atoms with van der Waals surface area (Å²) in [4.78, 5) is 2.38. The molecule has 0 aliphatic rings. The molecule has 0 amide bonds. The maximum Gasteiger partial charge on any atom is 0.0995 e.